The molecule has 0 aliphatic carbocycles. The lowest BCUT2D eigenvalue weighted by Gasteiger charge is -2.02. The lowest BCUT2D eigenvalue weighted by atomic mass is 10.1. The summed E-state index contributed by atoms with van der Waals surface area (Å²) in [5, 5.41) is 13.5. The maximum absolute atomic E-state index is 12.2. The van der Waals surface area contributed by atoms with Gasteiger partial charge in [0.25, 0.3) is 0 Å². The standard InChI is InChI=1S/C19H15N3O2S/c1-2-12-7-9-14(10-8-12)20-19-22-21-17(25-19)15-11-13-5-3-4-6-16(13)24-18(15)23/h3-11H,2H2,1H3,(H,20,22). The maximum atomic E-state index is 12.2. The Morgan fingerprint density at radius 1 is 1.08 bits per heavy atom. The van der Waals surface area contributed by atoms with Crippen molar-refractivity contribution in [1.82, 2.24) is 10.2 Å². The first-order valence-corrected chi connectivity index (χ1v) is 8.77. The Morgan fingerprint density at radius 2 is 1.88 bits per heavy atom. The van der Waals surface area contributed by atoms with Crippen LogP contribution >= 0.6 is 11.3 Å². The van der Waals surface area contributed by atoms with Crippen LogP contribution in [0.15, 0.2) is 63.8 Å². The van der Waals surface area contributed by atoms with Gasteiger partial charge in [0.2, 0.25) is 5.13 Å². The third kappa shape index (κ3) is 3.16. The van der Waals surface area contributed by atoms with E-state index in [1.54, 1.807) is 12.1 Å². The molecular formula is C19H15N3O2S. The second-order valence-corrected chi connectivity index (χ2v) is 6.55. The summed E-state index contributed by atoms with van der Waals surface area (Å²) in [4.78, 5) is 12.2. The van der Waals surface area contributed by atoms with E-state index in [-0.39, 0.29) is 0 Å². The molecule has 0 fully saturated rings. The molecule has 0 aliphatic rings. The average molecular weight is 349 g/mol. The Hall–Kier alpha value is -2.99. The van der Waals surface area contributed by atoms with Crippen molar-refractivity contribution in [1.29, 1.82) is 0 Å². The van der Waals surface area contributed by atoms with Gasteiger partial charge in [-0.15, -0.1) is 10.2 Å². The van der Waals surface area contributed by atoms with Crippen molar-refractivity contribution in [2.45, 2.75) is 13.3 Å². The lowest BCUT2D eigenvalue weighted by molar-refractivity contribution is 0.563. The van der Waals surface area contributed by atoms with Gasteiger partial charge in [0.15, 0.2) is 5.01 Å². The molecule has 0 amide bonds. The largest absolute Gasteiger partial charge is 0.422 e. The van der Waals surface area contributed by atoms with Crippen molar-refractivity contribution in [3.63, 3.8) is 0 Å². The smallest absolute Gasteiger partial charge is 0.346 e. The van der Waals surface area contributed by atoms with Gasteiger partial charge in [-0.1, -0.05) is 48.6 Å². The molecule has 0 atom stereocenters. The molecule has 2 aromatic carbocycles. The highest BCUT2D eigenvalue weighted by molar-refractivity contribution is 7.18. The minimum Gasteiger partial charge on any atom is -0.422 e. The van der Waals surface area contributed by atoms with Crippen molar-refractivity contribution in [3.05, 3.63) is 70.6 Å². The Bertz CT molecular complexity index is 1080. The molecule has 2 heterocycles. The van der Waals surface area contributed by atoms with Crippen LogP contribution in [-0.2, 0) is 6.42 Å². The number of nitrogens with one attached hydrogen (secondary N) is 1. The molecule has 0 unspecified atom stereocenters. The number of aromatic nitrogens is 2. The first-order valence-electron chi connectivity index (χ1n) is 7.95. The molecule has 1 N–H and O–H groups in total. The van der Waals surface area contributed by atoms with Crippen LogP contribution in [0.3, 0.4) is 0 Å². The van der Waals surface area contributed by atoms with Gasteiger partial charge in [-0.2, -0.15) is 0 Å². The molecule has 0 spiro atoms. The molecule has 4 rings (SSSR count). The highest BCUT2D eigenvalue weighted by Gasteiger charge is 2.13. The van der Waals surface area contributed by atoms with E-state index in [4.69, 9.17) is 4.42 Å². The topological polar surface area (TPSA) is 68.0 Å². The summed E-state index contributed by atoms with van der Waals surface area (Å²) in [5.74, 6) is 0. The number of anilines is 2. The number of benzene rings is 2. The van der Waals surface area contributed by atoms with E-state index in [0.717, 1.165) is 17.5 Å². The minimum absolute atomic E-state index is 0.409. The fourth-order valence-electron chi connectivity index (χ4n) is 2.54. The zero-order valence-electron chi connectivity index (χ0n) is 13.5. The van der Waals surface area contributed by atoms with Crippen molar-refractivity contribution >= 4 is 33.1 Å². The first kappa shape index (κ1) is 15.5. The molecule has 0 saturated carbocycles. The van der Waals surface area contributed by atoms with E-state index < -0.39 is 5.63 Å². The number of hydrogen-bond acceptors (Lipinski definition) is 6. The molecule has 0 bridgehead atoms. The highest BCUT2D eigenvalue weighted by Crippen LogP contribution is 2.28. The monoisotopic (exact) mass is 349 g/mol. The molecule has 6 heteroatoms. The van der Waals surface area contributed by atoms with Gasteiger partial charge >= 0.3 is 5.63 Å². The number of para-hydroxylation sites is 1. The van der Waals surface area contributed by atoms with Crippen LogP contribution in [0.1, 0.15) is 12.5 Å². The Labute approximate surface area is 148 Å². The van der Waals surface area contributed by atoms with Crippen molar-refractivity contribution in [2.24, 2.45) is 0 Å². The number of aryl methyl sites for hydroxylation is 1. The maximum Gasteiger partial charge on any atom is 0.346 e. The Morgan fingerprint density at radius 3 is 2.68 bits per heavy atom. The van der Waals surface area contributed by atoms with Crippen LogP contribution in [0.5, 0.6) is 0 Å². The molecule has 5 nitrogen and oxygen atoms in total. The van der Waals surface area contributed by atoms with Gasteiger partial charge in [-0.25, -0.2) is 4.79 Å². The van der Waals surface area contributed by atoms with Crippen molar-refractivity contribution in [3.8, 4) is 10.6 Å². The van der Waals surface area contributed by atoms with Crippen LogP contribution in [-0.4, -0.2) is 10.2 Å². The van der Waals surface area contributed by atoms with Gasteiger partial charge in [0.05, 0.1) is 5.56 Å². The zero-order valence-corrected chi connectivity index (χ0v) is 14.3. The summed E-state index contributed by atoms with van der Waals surface area (Å²) in [6.45, 7) is 2.12. The van der Waals surface area contributed by atoms with E-state index >= 15 is 0 Å². The Balaban J connectivity index is 1.64. The van der Waals surface area contributed by atoms with Crippen molar-refractivity contribution < 1.29 is 4.42 Å². The fraction of sp³-hybridized carbons (Fsp3) is 0.105. The fourth-order valence-corrected chi connectivity index (χ4v) is 3.31. The summed E-state index contributed by atoms with van der Waals surface area (Å²) in [7, 11) is 0. The molecule has 25 heavy (non-hydrogen) atoms. The van der Waals surface area contributed by atoms with Crippen LogP contribution in [0.2, 0.25) is 0 Å². The predicted octanol–water partition coefficient (Wildman–Crippen LogP) is 4.62. The summed E-state index contributed by atoms with van der Waals surface area (Å²) in [5.41, 5.74) is 2.79. The van der Waals surface area contributed by atoms with Gasteiger partial charge in [-0.3, -0.25) is 0 Å². The first-order chi connectivity index (χ1) is 12.2. The molecule has 0 radical (unpaired) electrons. The third-order valence-corrected chi connectivity index (χ3v) is 4.78. The van der Waals surface area contributed by atoms with Crippen molar-refractivity contribution in [2.75, 3.05) is 5.32 Å². The van der Waals surface area contributed by atoms with E-state index in [0.29, 0.717) is 21.3 Å². The van der Waals surface area contributed by atoms with Crippen LogP contribution < -0.4 is 10.9 Å². The molecule has 0 saturated heterocycles. The van der Waals surface area contributed by atoms with Crippen LogP contribution in [0.25, 0.3) is 21.5 Å². The average Bonchev–Trinajstić information content (AvgIpc) is 3.10. The molecule has 4 aromatic rings. The van der Waals surface area contributed by atoms with Gasteiger partial charge in [0.1, 0.15) is 5.58 Å². The molecule has 124 valence electrons. The summed E-state index contributed by atoms with van der Waals surface area (Å²) < 4.78 is 5.36. The summed E-state index contributed by atoms with van der Waals surface area (Å²) in [6, 6.07) is 17.4. The lowest BCUT2D eigenvalue weighted by Crippen LogP contribution is -2.02. The molecular weight excluding hydrogens is 334 g/mol. The second-order valence-electron chi connectivity index (χ2n) is 5.57. The van der Waals surface area contributed by atoms with E-state index in [2.05, 4.69) is 34.6 Å². The minimum atomic E-state index is -0.409. The van der Waals surface area contributed by atoms with E-state index in [1.807, 2.05) is 30.3 Å². The number of fused-ring (bicyclic) bond motifs is 1. The van der Waals surface area contributed by atoms with Crippen LogP contribution in [0, 0.1) is 0 Å². The van der Waals surface area contributed by atoms with E-state index in [1.165, 1.54) is 16.9 Å². The highest BCUT2D eigenvalue weighted by atomic mass is 32.1. The third-order valence-electron chi connectivity index (χ3n) is 3.91. The van der Waals surface area contributed by atoms with Gasteiger partial charge in [0, 0.05) is 11.1 Å². The number of rotatable bonds is 4. The molecule has 0 aliphatic heterocycles. The summed E-state index contributed by atoms with van der Waals surface area (Å²) >= 11 is 1.32. The van der Waals surface area contributed by atoms with E-state index in [9.17, 15) is 4.79 Å². The predicted molar refractivity (Wildman–Crippen MR) is 100 cm³/mol. The molecule has 2 aromatic heterocycles. The quantitative estimate of drug-likeness (QED) is 0.545. The number of nitrogens with zero attached hydrogens (tertiary/aromatic N) is 2. The Kier molecular flexibility index (Phi) is 4.03. The van der Waals surface area contributed by atoms with Gasteiger partial charge in [-0.05, 0) is 36.2 Å². The normalized spacial score (nSPS) is 10.9. The second kappa shape index (κ2) is 6.49. The number of hydrogen-bond donors (Lipinski definition) is 1. The zero-order chi connectivity index (χ0) is 17.2. The van der Waals surface area contributed by atoms with Crippen LogP contribution in [0.4, 0.5) is 10.8 Å². The van der Waals surface area contributed by atoms with Gasteiger partial charge < -0.3 is 9.73 Å². The summed E-state index contributed by atoms with van der Waals surface area (Å²) in [6.07, 6.45) is 1.00. The SMILES string of the molecule is CCc1ccc(Nc2nnc(-c3cc4ccccc4oc3=O)s2)cc1.